The van der Waals surface area contributed by atoms with Gasteiger partial charge in [0.25, 0.3) is 0 Å². The Morgan fingerprint density at radius 1 is 1.25 bits per heavy atom. The SMILES string of the molecule is CC.Cc1ccc(NC(=S)C(C)(C)C)nc1. The fraction of sp³-hybridized carbons (Fsp3) is 0.538. The summed E-state index contributed by atoms with van der Waals surface area (Å²) in [6, 6.07) is 3.95. The Kier molecular flexibility index (Phi) is 6.19. The highest BCUT2D eigenvalue weighted by molar-refractivity contribution is 7.80. The molecule has 90 valence electrons. The van der Waals surface area contributed by atoms with Crippen LogP contribution in [0.5, 0.6) is 0 Å². The molecule has 0 radical (unpaired) electrons. The number of thiocarbonyl (C=S) groups is 1. The number of hydrogen-bond donors (Lipinski definition) is 1. The summed E-state index contributed by atoms with van der Waals surface area (Å²) in [6.07, 6.45) is 1.83. The molecule has 0 aromatic carbocycles. The Morgan fingerprint density at radius 3 is 2.19 bits per heavy atom. The zero-order valence-corrected chi connectivity index (χ0v) is 11.9. The molecule has 0 aliphatic heterocycles. The van der Waals surface area contributed by atoms with E-state index < -0.39 is 0 Å². The van der Waals surface area contributed by atoms with Crippen LogP contribution in [0.1, 0.15) is 40.2 Å². The lowest BCUT2D eigenvalue weighted by Crippen LogP contribution is -2.26. The molecule has 2 nitrogen and oxygen atoms in total. The predicted octanol–water partition coefficient (Wildman–Crippen LogP) is 4.20. The highest BCUT2D eigenvalue weighted by atomic mass is 32.1. The average molecular weight is 238 g/mol. The number of aromatic nitrogens is 1. The maximum atomic E-state index is 5.26. The van der Waals surface area contributed by atoms with Gasteiger partial charge in [-0.25, -0.2) is 4.98 Å². The third kappa shape index (κ3) is 5.21. The molecule has 3 heteroatoms. The van der Waals surface area contributed by atoms with Crippen LogP contribution in [-0.2, 0) is 0 Å². The highest BCUT2D eigenvalue weighted by Crippen LogP contribution is 2.17. The smallest absolute Gasteiger partial charge is 0.130 e. The zero-order valence-electron chi connectivity index (χ0n) is 11.1. The molecule has 16 heavy (non-hydrogen) atoms. The van der Waals surface area contributed by atoms with Crippen LogP contribution >= 0.6 is 12.2 Å². The number of rotatable bonds is 1. The third-order valence-electron chi connectivity index (χ3n) is 1.83. The first-order valence-electron chi connectivity index (χ1n) is 5.64. The summed E-state index contributed by atoms with van der Waals surface area (Å²) in [7, 11) is 0. The van der Waals surface area contributed by atoms with Gasteiger partial charge in [0.15, 0.2) is 0 Å². The number of hydrogen-bond acceptors (Lipinski definition) is 2. The van der Waals surface area contributed by atoms with Crippen LogP contribution in [0.4, 0.5) is 5.82 Å². The number of anilines is 1. The second-order valence-corrected chi connectivity index (χ2v) is 4.83. The number of pyridine rings is 1. The summed E-state index contributed by atoms with van der Waals surface area (Å²) in [4.78, 5) is 5.05. The fourth-order valence-electron chi connectivity index (χ4n) is 0.846. The van der Waals surface area contributed by atoms with E-state index in [2.05, 4.69) is 31.1 Å². The Hall–Kier alpha value is -0.960. The molecule has 0 unspecified atom stereocenters. The molecule has 0 fully saturated rings. The molecular formula is C13H22N2S. The van der Waals surface area contributed by atoms with Crippen LogP contribution in [0.2, 0.25) is 0 Å². The lowest BCUT2D eigenvalue weighted by atomic mass is 9.97. The quantitative estimate of drug-likeness (QED) is 0.742. The molecule has 0 saturated heterocycles. The van der Waals surface area contributed by atoms with Gasteiger partial charge in [0, 0.05) is 11.6 Å². The molecule has 0 spiro atoms. The van der Waals surface area contributed by atoms with Gasteiger partial charge in [-0.15, -0.1) is 0 Å². The molecule has 1 rings (SSSR count). The average Bonchev–Trinajstić information content (AvgIpc) is 2.23. The van der Waals surface area contributed by atoms with E-state index in [-0.39, 0.29) is 5.41 Å². The minimum Gasteiger partial charge on any atom is -0.334 e. The summed E-state index contributed by atoms with van der Waals surface area (Å²) < 4.78 is 0. The van der Waals surface area contributed by atoms with Gasteiger partial charge in [0.05, 0.1) is 4.99 Å². The van der Waals surface area contributed by atoms with Crippen molar-refractivity contribution in [3.8, 4) is 0 Å². The van der Waals surface area contributed by atoms with Crippen LogP contribution in [0.15, 0.2) is 18.3 Å². The van der Waals surface area contributed by atoms with Gasteiger partial charge in [0.1, 0.15) is 5.82 Å². The van der Waals surface area contributed by atoms with Crippen molar-refractivity contribution in [3.63, 3.8) is 0 Å². The second-order valence-electron chi connectivity index (χ2n) is 4.42. The van der Waals surface area contributed by atoms with E-state index in [0.717, 1.165) is 16.4 Å². The summed E-state index contributed by atoms with van der Waals surface area (Å²) in [5.74, 6) is 0.815. The molecule has 0 amide bonds. The Bertz CT molecular complexity index is 323. The maximum Gasteiger partial charge on any atom is 0.130 e. The van der Waals surface area contributed by atoms with Crippen LogP contribution in [0, 0.1) is 12.3 Å². The maximum absolute atomic E-state index is 5.26. The number of nitrogens with zero attached hydrogens (tertiary/aromatic N) is 1. The van der Waals surface area contributed by atoms with Gasteiger partial charge in [-0.1, -0.05) is 52.9 Å². The Morgan fingerprint density at radius 2 is 1.81 bits per heavy atom. The topological polar surface area (TPSA) is 24.9 Å². The standard InChI is InChI=1S/C11H16N2S.C2H6/c1-8-5-6-9(12-7-8)13-10(14)11(2,3)4;1-2/h5-7H,1-4H3,(H,12,13,14);1-2H3. The van der Waals surface area contributed by atoms with Crippen molar-refractivity contribution in [2.75, 3.05) is 5.32 Å². The zero-order chi connectivity index (χ0) is 12.8. The first-order chi connectivity index (χ1) is 7.39. The van der Waals surface area contributed by atoms with Gasteiger partial charge in [-0.05, 0) is 18.6 Å². The van der Waals surface area contributed by atoms with E-state index in [4.69, 9.17) is 12.2 Å². The van der Waals surface area contributed by atoms with Crippen molar-refractivity contribution >= 4 is 23.0 Å². The third-order valence-corrected chi connectivity index (χ3v) is 2.55. The molecule has 1 aromatic rings. The van der Waals surface area contributed by atoms with Crippen LogP contribution < -0.4 is 5.32 Å². The highest BCUT2D eigenvalue weighted by Gasteiger charge is 2.16. The molecule has 0 aliphatic carbocycles. The van der Waals surface area contributed by atoms with Crippen molar-refractivity contribution in [3.05, 3.63) is 23.9 Å². The van der Waals surface area contributed by atoms with E-state index >= 15 is 0 Å². The Balaban J connectivity index is 0.00000106. The van der Waals surface area contributed by atoms with Crippen molar-refractivity contribution in [2.45, 2.75) is 41.5 Å². The van der Waals surface area contributed by atoms with E-state index in [1.54, 1.807) is 0 Å². The molecule has 0 atom stereocenters. The molecule has 1 N–H and O–H groups in total. The van der Waals surface area contributed by atoms with Crippen LogP contribution in [0.25, 0.3) is 0 Å². The van der Waals surface area contributed by atoms with Crippen molar-refractivity contribution in [1.82, 2.24) is 4.98 Å². The van der Waals surface area contributed by atoms with E-state index in [0.29, 0.717) is 0 Å². The predicted molar refractivity (Wildman–Crippen MR) is 76.0 cm³/mol. The van der Waals surface area contributed by atoms with Crippen molar-refractivity contribution in [1.29, 1.82) is 0 Å². The summed E-state index contributed by atoms with van der Waals surface area (Å²) in [5, 5.41) is 3.13. The molecule has 0 aliphatic rings. The summed E-state index contributed by atoms with van der Waals surface area (Å²) in [5.41, 5.74) is 1.14. The lowest BCUT2D eigenvalue weighted by molar-refractivity contribution is 0.599. The minimum atomic E-state index is -0.0120. The molecule has 1 aromatic heterocycles. The summed E-state index contributed by atoms with van der Waals surface area (Å²) in [6.45, 7) is 12.3. The van der Waals surface area contributed by atoms with Crippen molar-refractivity contribution < 1.29 is 0 Å². The molecule has 0 saturated carbocycles. The lowest BCUT2D eigenvalue weighted by Gasteiger charge is -2.20. The molecule has 0 bridgehead atoms. The number of nitrogens with one attached hydrogen (secondary N) is 1. The number of aryl methyl sites for hydroxylation is 1. The summed E-state index contributed by atoms with van der Waals surface area (Å²) >= 11 is 5.26. The first kappa shape index (κ1) is 15.0. The van der Waals surface area contributed by atoms with Gasteiger partial charge in [-0.3, -0.25) is 0 Å². The molecule has 1 heterocycles. The van der Waals surface area contributed by atoms with Gasteiger partial charge < -0.3 is 5.32 Å². The fourth-order valence-corrected chi connectivity index (χ4v) is 0.950. The van der Waals surface area contributed by atoms with Crippen LogP contribution in [-0.4, -0.2) is 9.97 Å². The van der Waals surface area contributed by atoms with Gasteiger partial charge in [0.2, 0.25) is 0 Å². The van der Waals surface area contributed by atoms with Crippen LogP contribution in [0.3, 0.4) is 0 Å². The minimum absolute atomic E-state index is 0.0120. The van der Waals surface area contributed by atoms with Crippen molar-refractivity contribution in [2.24, 2.45) is 5.41 Å². The Labute approximate surface area is 104 Å². The molecular weight excluding hydrogens is 216 g/mol. The van der Waals surface area contributed by atoms with E-state index in [1.165, 1.54) is 0 Å². The van der Waals surface area contributed by atoms with E-state index in [1.807, 2.05) is 39.1 Å². The van der Waals surface area contributed by atoms with E-state index in [9.17, 15) is 0 Å². The van der Waals surface area contributed by atoms with Gasteiger partial charge >= 0.3 is 0 Å². The van der Waals surface area contributed by atoms with Gasteiger partial charge in [-0.2, -0.15) is 0 Å². The second kappa shape index (κ2) is 6.59. The normalized spacial score (nSPS) is 10.1. The monoisotopic (exact) mass is 238 g/mol. The first-order valence-corrected chi connectivity index (χ1v) is 6.04. The largest absolute Gasteiger partial charge is 0.334 e.